The van der Waals surface area contributed by atoms with Gasteiger partial charge in [0.25, 0.3) is 5.91 Å². The van der Waals surface area contributed by atoms with E-state index in [9.17, 15) is 26.4 Å². The first kappa shape index (κ1) is 17.7. The van der Waals surface area contributed by atoms with Crippen molar-refractivity contribution in [2.75, 3.05) is 31.9 Å². The summed E-state index contributed by atoms with van der Waals surface area (Å²) in [6.07, 6.45) is 0.385. The van der Waals surface area contributed by atoms with Crippen LogP contribution in [0, 0.1) is 17.5 Å². The van der Waals surface area contributed by atoms with Crippen molar-refractivity contribution in [2.24, 2.45) is 0 Å². The predicted molar refractivity (Wildman–Crippen MR) is 77.9 cm³/mol. The molecule has 0 N–H and O–H groups in total. The molecule has 0 unspecified atom stereocenters. The maximum Gasteiger partial charge on any atom is 0.256 e. The van der Waals surface area contributed by atoms with Gasteiger partial charge in [-0.1, -0.05) is 0 Å². The number of hydrogen-bond acceptors (Lipinski definition) is 3. The fraction of sp³-hybridized carbons (Fsp3) is 0.500. The van der Waals surface area contributed by atoms with Gasteiger partial charge in [0, 0.05) is 26.2 Å². The van der Waals surface area contributed by atoms with E-state index in [1.807, 2.05) is 0 Å². The van der Waals surface area contributed by atoms with Crippen molar-refractivity contribution in [1.29, 1.82) is 0 Å². The maximum absolute atomic E-state index is 13.7. The third-order valence-electron chi connectivity index (χ3n) is 3.77. The van der Waals surface area contributed by atoms with Crippen LogP contribution in [-0.4, -0.2) is 55.5 Å². The number of carbonyl (C=O) groups excluding carboxylic acids is 1. The SMILES string of the molecule is CCS(=O)(=O)N1CCCN(C(=O)c2ccc(F)c(F)c2F)CC1. The Labute approximate surface area is 132 Å². The topological polar surface area (TPSA) is 57.7 Å². The van der Waals surface area contributed by atoms with Gasteiger partial charge in [-0.15, -0.1) is 0 Å². The number of hydrogen-bond donors (Lipinski definition) is 0. The predicted octanol–water partition coefficient (Wildman–Crippen LogP) is 1.60. The quantitative estimate of drug-likeness (QED) is 0.778. The molecule has 0 aliphatic carbocycles. The number of benzene rings is 1. The van der Waals surface area contributed by atoms with E-state index in [4.69, 9.17) is 0 Å². The molecular formula is C14H17F3N2O3S. The van der Waals surface area contributed by atoms with Crippen LogP contribution in [0.25, 0.3) is 0 Å². The molecule has 2 rings (SSSR count). The number of nitrogens with zero attached hydrogens (tertiary/aromatic N) is 2. The van der Waals surface area contributed by atoms with Crippen molar-refractivity contribution in [3.8, 4) is 0 Å². The summed E-state index contributed by atoms with van der Waals surface area (Å²) in [6, 6.07) is 1.58. The molecule has 0 aromatic heterocycles. The van der Waals surface area contributed by atoms with Crippen LogP contribution in [0.2, 0.25) is 0 Å². The van der Waals surface area contributed by atoms with Crippen LogP contribution in [0.1, 0.15) is 23.7 Å². The molecule has 5 nitrogen and oxygen atoms in total. The molecular weight excluding hydrogens is 333 g/mol. The van der Waals surface area contributed by atoms with Crippen molar-refractivity contribution in [2.45, 2.75) is 13.3 Å². The number of amides is 1. The van der Waals surface area contributed by atoms with Crippen LogP contribution in [0.3, 0.4) is 0 Å². The van der Waals surface area contributed by atoms with Gasteiger partial charge in [-0.05, 0) is 25.5 Å². The average Bonchev–Trinajstić information content (AvgIpc) is 2.79. The molecule has 1 aromatic rings. The van der Waals surface area contributed by atoms with E-state index in [0.29, 0.717) is 12.5 Å². The molecule has 1 saturated heterocycles. The van der Waals surface area contributed by atoms with E-state index < -0.39 is 38.9 Å². The summed E-state index contributed by atoms with van der Waals surface area (Å²) >= 11 is 0. The van der Waals surface area contributed by atoms with E-state index in [-0.39, 0.29) is 31.9 Å². The molecule has 1 amide bonds. The monoisotopic (exact) mass is 350 g/mol. The van der Waals surface area contributed by atoms with Crippen LogP contribution in [0.5, 0.6) is 0 Å². The molecule has 1 fully saturated rings. The Bertz CT molecular complexity index is 709. The highest BCUT2D eigenvalue weighted by Gasteiger charge is 2.28. The summed E-state index contributed by atoms with van der Waals surface area (Å²) in [4.78, 5) is 13.5. The van der Waals surface area contributed by atoms with Gasteiger partial charge in [0.2, 0.25) is 10.0 Å². The lowest BCUT2D eigenvalue weighted by Crippen LogP contribution is -2.38. The van der Waals surface area contributed by atoms with E-state index in [1.165, 1.54) is 16.1 Å². The number of sulfonamides is 1. The van der Waals surface area contributed by atoms with Crippen molar-refractivity contribution in [3.63, 3.8) is 0 Å². The summed E-state index contributed by atoms with van der Waals surface area (Å²) in [5.41, 5.74) is -0.560. The highest BCUT2D eigenvalue weighted by molar-refractivity contribution is 7.89. The van der Waals surface area contributed by atoms with E-state index in [2.05, 4.69) is 0 Å². The molecule has 1 heterocycles. The standard InChI is InChI=1S/C14H17F3N2O3S/c1-2-23(21,22)19-7-3-6-18(8-9-19)14(20)10-4-5-11(15)13(17)12(10)16/h4-5H,2-3,6-9H2,1H3. The number of halogens is 3. The third-order valence-corrected chi connectivity index (χ3v) is 5.65. The van der Waals surface area contributed by atoms with Gasteiger partial charge in [-0.2, -0.15) is 0 Å². The van der Waals surface area contributed by atoms with Gasteiger partial charge in [0.05, 0.1) is 11.3 Å². The third kappa shape index (κ3) is 3.66. The zero-order valence-electron chi connectivity index (χ0n) is 12.6. The van der Waals surface area contributed by atoms with E-state index in [0.717, 1.165) is 6.07 Å². The molecule has 0 spiro atoms. The molecule has 128 valence electrons. The van der Waals surface area contributed by atoms with Gasteiger partial charge in [-0.25, -0.2) is 25.9 Å². The minimum Gasteiger partial charge on any atom is -0.337 e. The highest BCUT2D eigenvalue weighted by Crippen LogP contribution is 2.18. The van der Waals surface area contributed by atoms with Gasteiger partial charge in [0.1, 0.15) is 0 Å². The summed E-state index contributed by atoms with van der Waals surface area (Å²) < 4.78 is 64.9. The summed E-state index contributed by atoms with van der Waals surface area (Å²) in [5.74, 6) is -5.41. The zero-order chi connectivity index (χ0) is 17.2. The van der Waals surface area contributed by atoms with Crippen LogP contribution in [-0.2, 0) is 10.0 Å². The van der Waals surface area contributed by atoms with E-state index in [1.54, 1.807) is 0 Å². The molecule has 0 atom stereocenters. The van der Waals surface area contributed by atoms with Crippen molar-refractivity contribution in [1.82, 2.24) is 9.21 Å². The highest BCUT2D eigenvalue weighted by atomic mass is 32.2. The summed E-state index contributed by atoms with van der Waals surface area (Å²) in [6.45, 7) is 2.16. The first-order valence-corrected chi connectivity index (χ1v) is 8.79. The number of carbonyl (C=O) groups is 1. The minimum atomic E-state index is -3.37. The van der Waals surface area contributed by atoms with Crippen molar-refractivity contribution in [3.05, 3.63) is 35.1 Å². The molecule has 23 heavy (non-hydrogen) atoms. The number of rotatable bonds is 3. The first-order chi connectivity index (χ1) is 10.8. The lowest BCUT2D eigenvalue weighted by molar-refractivity contribution is 0.0758. The van der Waals surface area contributed by atoms with E-state index >= 15 is 0 Å². The Morgan fingerprint density at radius 2 is 1.78 bits per heavy atom. The fourth-order valence-electron chi connectivity index (χ4n) is 2.42. The minimum absolute atomic E-state index is 0.0429. The fourth-order valence-corrected chi connectivity index (χ4v) is 3.55. The Balaban J connectivity index is 2.17. The molecule has 0 radical (unpaired) electrons. The lowest BCUT2D eigenvalue weighted by atomic mass is 10.1. The Kier molecular flexibility index (Phi) is 5.30. The Morgan fingerprint density at radius 3 is 2.43 bits per heavy atom. The largest absolute Gasteiger partial charge is 0.337 e. The van der Waals surface area contributed by atoms with Crippen molar-refractivity contribution < 1.29 is 26.4 Å². The van der Waals surface area contributed by atoms with Crippen molar-refractivity contribution >= 4 is 15.9 Å². The summed E-state index contributed by atoms with van der Waals surface area (Å²) in [7, 11) is -3.37. The van der Waals surface area contributed by atoms with Crippen LogP contribution >= 0.6 is 0 Å². The normalized spacial score (nSPS) is 17.1. The van der Waals surface area contributed by atoms with Gasteiger partial charge >= 0.3 is 0 Å². The average molecular weight is 350 g/mol. The Morgan fingerprint density at radius 1 is 1.09 bits per heavy atom. The molecule has 0 bridgehead atoms. The zero-order valence-corrected chi connectivity index (χ0v) is 13.4. The summed E-state index contributed by atoms with van der Waals surface area (Å²) in [5, 5.41) is 0. The second-order valence-electron chi connectivity index (χ2n) is 5.17. The smallest absolute Gasteiger partial charge is 0.256 e. The van der Waals surface area contributed by atoms with Crippen LogP contribution in [0.15, 0.2) is 12.1 Å². The first-order valence-electron chi connectivity index (χ1n) is 7.18. The van der Waals surface area contributed by atoms with Gasteiger partial charge < -0.3 is 4.90 Å². The molecule has 1 aromatic carbocycles. The molecule has 9 heteroatoms. The lowest BCUT2D eigenvalue weighted by Gasteiger charge is -2.22. The Hall–Kier alpha value is -1.61. The molecule has 1 aliphatic heterocycles. The van der Waals surface area contributed by atoms with Gasteiger partial charge in [-0.3, -0.25) is 4.79 Å². The molecule has 1 aliphatic rings. The maximum atomic E-state index is 13.7. The van der Waals surface area contributed by atoms with Crippen LogP contribution in [0.4, 0.5) is 13.2 Å². The molecule has 0 saturated carbocycles. The van der Waals surface area contributed by atoms with Gasteiger partial charge in [0.15, 0.2) is 17.5 Å². The second kappa shape index (κ2) is 6.88. The van der Waals surface area contributed by atoms with Crippen LogP contribution < -0.4 is 0 Å². The second-order valence-corrected chi connectivity index (χ2v) is 7.43.